The van der Waals surface area contributed by atoms with E-state index in [-0.39, 0.29) is 19.2 Å². The molecule has 0 saturated heterocycles. The van der Waals surface area contributed by atoms with Crippen molar-refractivity contribution in [2.45, 2.75) is 40.1 Å². The first kappa shape index (κ1) is 26.9. The van der Waals surface area contributed by atoms with E-state index in [4.69, 9.17) is 83.8 Å². The number of ether oxygens (including phenoxy) is 3. The average molecular weight is 592 g/mol. The van der Waals surface area contributed by atoms with Crippen molar-refractivity contribution in [3.63, 3.8) is 0 Å². The van der Waals surface area contributed by atoms with E-state index in [2.05, 4.69) is 29.2 Å². The molecule has 4 nitrogen and oxygen atoms in total. The van der Waals surface area contributed by atoms with Crippen LogP contribution in [0.3, 0.4) is 0 Å². The Bertz CT molecular complexity index is 431. The first-order valence-corrected chi connectivity index (χ1v) is 11.0. The molecule has 0 radical (unpaired) electrons. The van der Waals surface area contributed by atoms with Gasteiger partial charge in [-0.1, -0.05) is 69.6 Å². The molecule has 0 aromatic heterocycles. The summed E-state index contributed by atoms with van der Waals surface area (Å²) >= 11 is 36.3. The van der Waals surface area contributed by atoms with Gasteiger partial charge < -0.3 is 14.2 Å². The van der Waals surface area contributed by atoms with Gasteiger partial charge in [-0.2, -0.15) is 0 Å². The zero-order chi connectivity index (χ0) is 19.7. The van der Waals surface area contributed by atoms with Gasteiger partial charge in [0.05, 0.1) is 13.2 Å². The molecule has 0 amide bonds. The Hall–Kier alpha value is 1.90. The third-order valence-electron chi connectivity index (χ3n) is 2.91. The monoisotopic (exact) mass is 588 g/mol. The van der Waals surface area contributed by atoms with Gasteiger partial charge in [-0.05, 0) is 31.8 Å². The van der Waals surface area contributed by atoms with Crippen LogP contribution >= 0.6 is 78.8 Å². The second-order valence-corrected chi connectivity index (χ2v) is 10.0. The van der Waals surface area contributed by atoms with Crippen molar-refractivity contribution < 1.29 is 39.0 Å². The van der Waals surface area contributed by atoms with E-state index in [1.165, 1.54) is 0 Å². The Kier molecular flexibility index (Phi) is 14.2. The number of carbonyl (C=O) groups is 1. The molecule has 1 heterocycles. The predicted octanol–water partition coefficient (Wildman–Crippen LogP) is 5.82. The Morgan fingerprint density at radius 2 is 1.56 bits per heavy atom. The topological polar surface area (TPSA) is 44.8 Å². The summed E-state index contributed by atoms with van der Waals surface area (Å²) in [6.07, 6.45) is 0.854. The summed E-state index contributed by atoms with van der Waals surface area (Å²) in [7, 11) is 4.45. The van der Waals surface area contributed by atoms with Gasteiger partial charge in [0.15, 0.2) is 6.29 Å². The molecule has 0 saturated carbocycles. The summed E-state index contributed by atoms with van der Waals surface area (Å²) in [6.45, 7) is 1.85. The maximum absolute atomic E-state index is 11.5. The zero-order valence-electron chi connectivity index (χ0n) is 12.9. The molecule has 0 aromatic rings. The molecule has 0 aromatic carbocycles. The summed E-state index contributed by atoms with van der Waals surface area (Å²) in [5.41, 5.74) is 1.60. The van der Waals surface area contributed by atoms with Crippen molar-refractivity contribution in [2.24, 2.45) is 0 Å². The Morgan fingerprint density at radius 3 is 1.92 bits per heavy atom. The fourth-order valence-electron chi connectivity index (χ4n) is 1.87. The van der Waals surface area contributed by atoms with E-state index in [1.807, 2.05) is 6.92 Å². The van der Waals surface area contributed by atoms with E-state index >= 15 is 0 Å². The van der Waals surface area contributed by atoms with Crippen molar-refractivity contribution in [1.29, 1.82) is 0 Å². The van der Waals surface area contributed by atoms with Crippen LogP contribution in [-0.4, -0.2) is 39.7 Å². The summed E-state index contributed by atoms with van der Waals surface area (Å²) in [5.74, 6) is -0.288. The average Bonchev–Trinajstić information content (AvgIpc) is 2.81. The number of rotatable bonds is 8. The standard InChI is InChI=1S/C13H16Cl6O4.Ag.ClH/c1-8-5-21-11(20)9(8)3-2-4-10(22-6-12(14,15)16)23-7-13(17,18)19;;/h10H,2-7H2,1H3;;1H/q;+1;/p-1. The van der Waals surface area contributed by atoms with Gasteiger partial charge in [0.2, 0.25) is 7.59 Å². The normalized spacial score (nSPS) is 15.4. The first-order valence-electron chi connectivity index (χ1n) is 6.82. The van der Waals surface area contributed by atoms with E-state index in [0.29, 0.717) is 31.4 Å². The quantitative estimate of drug-likeness (QED) is 0.154. The molecule has 0 bridgehead atoms. The third kappa shape index (κ3) is 13.7. The summed E-state index contributed by atoms with van der Waals surface area (Å²) in [6, 6.07) is 0. The zero-order valence-corrected chi connectivity index (χ0v) is 19.7. The van der Waals surface area contributed by atoms with Gasteiger partial charge in [0.1, 0.15) is 6.61 Å². The molecule has 1 aliphatic heterocycles. The summed E-state index contributed by atoms with van der Waals surface area (Å²) in [4.78, 5) is 11.5. The second-order valence-electron chi connectivity index (χ2n) is 5.01. The van der Waals surface area contributed by atoms with E-state index < -0.39 is 13.9 Å². The predicted molar refractivity (Wildman–Crippen MR) is 99.6 cm³/mol. The number of hydrogen-bond acceptors (Lipinski definition) is 4. The third-order valence-corrected chi connectivity index (χ3v) is 3.57. The summed E-state index contributed by atoms with van der Waals surface area (Å²) in [5, 5.41) is 0. The molecular weight excluding hydrogens is 576 g/mol. The van der Waals surface area contributed by atoms with Crippen LogP contribution < -0.4 is 0 Å². The van der Waals surface area contributed by atoms with Crippen molar-refractivity contribution in [1.82, 2.24) is 0 Å². The minimum absolute atomic E-state index is 0.175. The molecular formula is C13H16AgCl7O4. The Morgan fingerprint density at radius 1 is 1.08 bits per heavy atom. The molecule has 0 unspecified atom stereocenters. The van der Waals surface area contributed by atoms with Gasteiger partial charge in [0.25, 0.3) is 0 Å². The molecule has 0 spiro atoms. The number of cyclic esters (lactones) is 1. The van der Waals surface area contributed by atoms with Gasteiger partial charge in [-0.25, -0.2) is 4.79 Å². The molecule has 1 aliphatic rings. The molecule has 0 fully saturated rings. The fourth-order valence-corrected chi connectivity index (χ4v) is 2.25. The molecule has 12 heteroatoms. The number of alkyl halides is 6. The van der Waals surface area contributed by atoms with Crippen LogP contribution in [0.2, 0.25) is 0 Å². The second kappa shape index (κ2) is 13.2. The molecule has 0 atom stereocenters. The van der Waals surface area contributed by atoms with Crippen LogP contribution in [0.1, 0.15) is 26.2 Å². The molecule has 152 valence electrons. The van der Waals surface area contributed by atoms with Crippen molar-refractivity contribution in [2.75, 3.05) is 19.8 Å². The van der Waals surface area contributed by atoms with Gasteiger partial charge in [-0.3, -0.25) is 0 Å². The summed E-state index contributed by atoms with van der Waals surface area (Å²) < 4.78 is 12.6. The van der Waals surface area contributed by atoms with Crippen LogP contribution in [0.25, 0.3) is 0 Å². The minimum atomic E-state index is -1.57. The van der Waals surface area contributed by atoms with Gasteiger partial charge in [0, 0.05) is 5.57 Å². The van der Waals surface area contributed by atoms with E-state index in [0.717, 1.165) is 5.57 Å². The number of esters is 1. The Balaban J connectivity index is 0.00000277. The van der Waals surface area contributed by atoms with Crippen LogP contribution in [0.5, 0.6) is 0 Å². The van der Waals surface area contributed by atoms with Crippen molar-refractivity contribution in [3.8, 4) is 0 Å². The van der Waals surface area contributed by atoms with E-state index in [9.17, 15) is 4.79 Å². The number of carbonyl (C=O) groups excluding carboxylic acids is 1. The van der Waals surface area contributed by atoms with Crippen molar-refractivity contribution >= 4 is 84.8 Å². The van der Waals surface area contributed by atoms with Crippen molar-refractivity contribution in [3.05, 3.63) is 11.1 Å². The van der Waals surface area contributed by atoms with Gasteiger partial charge in [-0.15, -0.1) is 0 Å². The Labute approximate surface area is 193 Å². The van der Waals surface area contributed by atoms with Crippen LogP contribution in [-0.2, 0) is 39.0 Å². The number of halogens is 7. The molecule has 1 rings (SSSR count). The SMILES string of the molecule is CC1=C(CCCC(OCC(Cl)(Cl)Cl)OCC(Cl)(Cl)Cl)C(=O)OC1.[Cl][Ag]. The van der Waals surface area contributed by atoms with Gasteiger partial charge >= 0.3 is 35.1 Å². The molecule has 25 heavy (non-hydrogen) atoms. The number of hydrogen-bond donors (Lipinski definition) is 0. The van der Waals surface area contributed by atoms with E-state index in [1.54, 1.807) is 0 Å². The maximum atomic E-state index is 11.5. The molecule has 0 N–H and O–H groups in total. The van der Waals surface area contributed by atoms with Crippen LogP contribution in [0.15, 0.2) is 11.1 Å². The van der Waals surface area contributed by atoms with Crippen LogP contribution in [0.4, 0.5) is 0 Å². The van der Waals surface area contributed by atoms with Crippen LogP contribution in [0, 0.1) is 0 Å². The molecule has 0 aliphatic carbocycles. The fraction of sp³-hybridized carbons (Fsp3) is 0.769. The first-order chi connectivity index (χ1) is 11.5.